The topological polar surface area (TPSA) is 94.0 Å². The minimum atomic E-state index is -0.499. The van der Waals surface area contributed by atoms with Crippen LogP contribution < -0.4 is 16.8 Å². The summed E-state index contributed by atoms with van der Waals surface area (Å²) in [7, 11) is 0. The maximum Gasteiger partial charge on any atom is 0.231 e. The predicted octanol–water partition coefficient (Wildman–Crippen LogP) is 1.37. The van der Waals surface area contributed by atoms with Gasteiger partial charge < -0.3 is 16.8 Å². The van der Waals surface area contributed by atoms with Gasteiger partial charge in [0.2, 0.25) is 5.91 Å². The van der Waals surface area contributed by atoms with Gasteiger partial charge in [0.05, 0.1) is 17.3 Å². The van der Waals surface area contributed by atoms with Crippen molar-refractivity contribution in [3.05, 3.63) is 18.3 Å². The second-order valence-electron chi connectivity index (χ2n) is 4.12. The monoisotopic (exact) mass is 236 g/mol. The van der Waals surface area contributed by atoms with E-state index in [-0.39, 0.29) is 5.91 Å². The van der Waals surface area contributed by atoms with Gasteiger partial charge in [-0.05, 0) is 25.0 Å². The van der Waals surface area contributed by atoms with Crippen LogP contribution in [0.5, 0.6) is 0 Å². The number of pyridine rings is 1. The molecular weight excluding hydrogens is 216 g/mol. The van der Waals surface area contributed by atoms with Crippen molar-refractivity contribution in [3.8, 4) is 0 Å². The molecule has 0 bridgehead atoms. The molecule has 0 fully saturated rings. The summed E-state index contributed by atoms with van der Waals surface area (Å²) < 4.78 is 0. The van der Waals surface area contributed by atoms with E-state index in [2.05, 4.69) is 10.3 Å². The standard InChI is InChI=1S/C12H20N4O/c1-3-12(4-2,8-13)11(17)16-9-5-6-10(14)15-7-9/h5-7H,3-4,8,13H2,1-2H3,(H2,14,15)(H,16,17). The van der Waals surface area contributed by atoms with Gasteiger partial charge in [-0.2, -0.15) is 0 Å². The molecule has 0 aliphatic heterocycles. The van der Waals surface area contributed by atoms with Crippen LogP contribution in [0.25, 0.3) is 0 Å². The molecule has 5 heteroatoms. The van der Waals surface area contributed by atoms with Crippen LogP contribution in [0.1, 0.15) is 26.7 Å². The number of nitrogens with two attached hydrogens (primary N) is 2. The lowest BCUT2D eigenvalue weighted by atomic mass is 9.81. The van der Waals surface area contributed by atoms with Crippen molar-refractivity contribution in [2.24, 2.45) is 11.1 Å². The highest BCUT2D eigenvalue weighted by atomic mass is 16.2. The van der Waals surface area contributed by atoms with Crippen LogP contribution in [0.4, 0.5) is 11.5 Å². The summed E-state index contributed by atoms with van der Waals surface area (Å²) >= 11 is 0. The number of carbonyl (C=O) groups is 1. The van der Waals surface area contributed by atoms with Crippen LogP contribution in [0.3, 0.4) is 0 Å². The van der Waals surface area contributed by atoms with Crippen LogP contribution in [-0.4, -0.2) is 17.4 Å². The third-order valence-electron chi connectivity index (χ3n) is 3.27. The summed E-state index contributed by atoms with van der Waals surface area (Å²) in [5.74, 6) is 0.371. The molecule has 94 valence electrons. The van der Waals surface area contributed by atoms with Gasteiger partial charge in [0.25, 0.3) is 0 Å². The summed E-state index contributed by atoms with van der Waals surface area (Å²) in [4.78, 5) is 16.1. The molecule has 1 heterocycles. The molecule has 0 atom stereocenters. The number of hydrogen-bond acceptors (Lipinski definition) is 4. The Hall–Kier alpha value is -1.62. The summed E-state index contributed by atoms with van der Waals surface area (Å²) in [6.07, 6.45) is 2.97. The highest BCUT2D eigenvalue weighted by Gasteiger charge is 2.33. The van der Waals surface area contributed by atoms with Crippen LogP contribution in [0.2, 0.25) is 0 Å². The molecular formula is C12H20N4O. The van der Waals surface area contributed by atoms with Gasteiger partial charge in [-0.15, -0.1) is 0 Å². The number of amides is 1. The lowest BCUT2D eigenvalue weighted by molar-refractivity contribution is -0.125. The van der Waals surface area contributed by atoms with Gasteiger partial charge in [0.15, 0.2) is 0 Å². The summed E-state index contributed by atoms with van der Waals surface area (Å²) in [5, 5.41) is 2.83. The molecule has 0 saturated carbocycles. The van der Waals surface area contributed by atoms with E-state index in [0.29, 0.717) is 30.9 Å². The molecule has 1 aromatic rings. The molecule has 0 aliphatic carbocycles. The van der Waals surface area contributed by atoms with Gasteiger partial charge in [0.1, 0.15) is 5.82 Å². The zero-order valence-electron chi connectivity index (χ0n) is 10.4. The highest BCUT2D eigenvalue weighted by molar-refractivity contribution is 5.95. The molecule has 0 aliphatic rings. The lowest BCUT2D eigenvalue weighted by Crippen LogP contribution is -2.41. The molecule has 1 rings (SSSR count). The number of anilines is 2. The van der Waals surface area contributed by atoms with E-state index in [1.807, 2.05) is 13.8 Å². The Balaban J connectivity index is 2.80. The van der Waals surface area contributed by atoms with Gasteiger partial charge in [-0.25, -0.2) is 4.98 Å². The Morgan fingerprint density at radius 1 is 1.41 bits per heavy atom. The molecule has 1 aromatic heterocycles. The number of hydrogen-bond donors (Lipinski definition) is 3. The molecule has 0 unspecified atom stereocenters. The average molecular weight is 236 g/mol. The first-order valence-electron chi connectivity index (χ1n) is 5.81. The maximum atomic E-state index is 12.2. The Bertz CT molecular complexity index is 362. The molecule has 0 spiro atoms. The summed E-state index contributed by atoms with van der Waals surface area (Å²) in [5.41, 5.74) is 11.3. The van der Waals surface area contributed by atoms with E-state index >= 15 is 0 Å². The van der Waals surface area contributed by atoms with Gasteiger partial charge >= 0.3 is 0 Å². The number of nitrogens with one attached hydrogen (secondary N) is 1. The van der Waals surface area contributed by atoms with E-state index in [9.17, 15) is 4.79 Å². The first kappa shape index (κ1) is 13.4. The highest BCUT2D eigenvalue weighted by Crippen LogP contribution is 2.26. The average Bonchev–Trinajstić information content (AvgIpc) is 2.35. The smallest absolute Gasteiger partial charge is 0.231 e. The Morgan fingerprint density at radius 2 is 2.06 bits per heavy atom. The van der Waals surface area contributed by atoms with Crippen LogP contribution in [-0.2, 0) is 4.79 Å². The third kappa shape index (κ3) is 2.94. The van der Waals surface area contributed by atoms with Crippen LogP contribution in [0.15, 0.2) is 18.3 Å². The van der Waals surface area contributed by atoms with Crippen molar-refractivity contribution < 1.29 is 4.79 Å². The van der Waals surface area contributed by atoms with E-state index in [0.717, 1.165) is 0 Å². The third-order valence-corrected chi connectivity index (χ3v) is 3.27. The van der Waals surface area contributed by atoms with Crippen molar-refractivity contribution in [3.63, 3.8) is 0 Å². The van der Waals surface area contributed by atoms with E-state index in [4.69, 9.17) is 11.5 Å². The first-order valence-corrected chi connectivity index (χ1v) is 5.81. The molecule has 5 nitrogen and oxygen atoms in total. The largest absolute Gasteiger partial charge is 0.384 e. The minimum Gasteiger partial charge on any atom is -0.384 e. The number of nitrogen functional groups attached to an aromatic ring is 1. The van der Waals surface area contributed by atoms with Crippen LogP contribution >= 0.6 is 0 Å². The first-order chi connectivity index (χ1) is 8.07. The predicted molar refractivity (Wildman–Crippen MR) is 69.3 cm³/mol. The Labute approximate surface area is 102 Å². The Kier molecular flexibility index (Phi) is 4.45. The number of rotatable bonds is 5. The summed E-state index contributed by atoms with van der Waals surface area (Å²) in [6, 6.07) is 3.38. The lowest BCUT2D eigenvalue weighted by Gasteiger charge is -2.28. The van der Waals surface area contributed by atoms with E-state index in [1.165, 1.54) is 0 Å². The van der Waals surface area contributed by atoms with Crippen molar-refractivity contribution >= 4 is 17.4 Å². The quantitative estimate of drug-likeness (QED) is 0.719. The number of nitrogens with zero attached hydrogens (tertiary/aromatic N) is 1. The zero-order valence-corrected chi connectivity index (χ0v) is 10.4. The second kappa shape index (κ2) is 5.63. The van der Waals surface area contributed by atoms with Gasteiger partial charge in [-0.3, -0.25) is 4.79 Å². The van der Waals surface area contributed by atoms with Gasteiger partial charge in [0, 0.05) is 6.54 Å². The van der Waals surface area contributed by atoms with Gasteiger partial charge in [-0.1, -0.05) is 13.8 Å². The van der Waals surface area contributed by atoms with Crippen molar-refractivity contribution in [1.82, 2.24) is 4.98 Å². The maximum absolute atomic E-state index is 12.2. The molecule has 1 amide bonds. The fourth-order valence-corrected chi connectivity index (χ4v) is 1.70. The molecule has 5 N–H and O–H groups in total. The fourth-order valence-electron chi connectivity index (χ4n) is 1.70. The zero-order chi connectivity index (χ0) is 12.9. The SMILES string of the molecule is CCC(CC)(CN)C(=O)Nc1ccc(N)nc1. The molecule has 17 heavy (non-hydrogen) atoms. The van der Waals surface area contributed by atoms with Crippen molar-refractivity contribution in [1.29, 1.82) is 0 Å². The molecule has 0 radical (unpaired) electrons. The van der Waals surface area contributed by atoms with E-state index in [1.54, 1.807) is 18.3 Å². The fraction of sp³-hybridized carbons (Fsp3) is 0.500. The molecule has 0 aromatic carbocycles. The second-order valence-corrected chi connectivity index (χ2v) is 4.12. The summed E-state index contributed by atoms with van der Waals surface area (Å²) in [6.45, 7) is 4.28. The van der Waals surface area contributed by atoms with Crippen molar-refractivity contribution in [2.45, 2.75) is 26.7 Å². The molecule has 0 saturated heterocycles. The Morgan fingerprint density at radius 3 is 2.47 bits per heavy atom. The number of aromatic nitrogens is 1. The van der Waals surface area contributed by atoms with E-state index < -0.39 is 5.41 Å². The van der Waals surface area contributed by atoms with Crippen LogP contribution in [0, 0.1) is 5.41 Å². The van der Waals surface area contributed by atoms with Crippen molar-refractivity contribution in [2.75, 3.05) is 17.6 Å². The minimum absolute atomic E-state index is 0.0587. The number of carbonyl (C=O) groups excluding carboxylic acids is 1. The normalized spacial score (nSPS) is 11.2.